The molecule has 0 bridgehead atoms. The summed E-state index contributed by atoms with van der Waals surface area (Å²) < 4.78 is 10.6. The normalized spacial score (nSPS) is 17.9. The molecule has 0 unspecified atom stereocenters. The smallest absolute Gasteiger partial charge is 0.410 e. The van der Waals surface area contributed by atoms with Crippen molar-refractivity contribution in [2.24, 2.45) is 5.92 Å². The molecule has 2 saturated heterocycles. The van der Waals surface area contributed by atoms with E-state index < -0.39 is 0 Å². The summed E-state index contributed by atoms with van der Waals surface area (Å²) in [4.78, 5) is 30.0. The van der Waals surface area contributed by atoms with Crippen LogP contribution in [0.15, 0.2) is 30.3 Å². The second-order valence-corrected chi connectivity index (χ2v) is 7.57. The number of ether oxygens (including phenoxy) is 2. The number of benzene rings is 1. The lowest BCUT2D eigenvalue weighted by Gasteiger charge is -2.42. The third-order valence-electron chi connectivity index (χ3n) is 5.29. The van der Waals surface area contributed by atoms with Crippen molar-refractivity contribution in [3.63, 3.8) is 0 Å². The monoisotopic (exact) mass is 389 g/mol. The van der Waals surface area contributed by atoms with Gasteiger partial charge in [0.1, 0.15) is 6.61 Å². The van der Waals surface area contributed by atoms with Crippen LogP contribution in [0.5, 0.6) is 0 Å². The third-order valence-corrected chi connectivity index (χ3v) is 5.29. The first-order valence-corrected chi connectivity index (χ1v) is 10.3. The van der Waals surface area contributed by atoms with Crippen LogP contribution < -0.4 is 0 Å². The zero-order chi connectivity index (χ0) is 19.8. The van der Waals surface area contributed by atoms with Gasteiger partial charge in [0, 0.05) is 51.7 Å². The van der Waals surface area contributed by atoms with Crippen LogP contribution >= 0.6 is 0 Å². The number of likely N-dealkylation sites (tertiary alicyclic amines) is 1. The van der Waals surface area contributed by atoms with Gasteiger partial charge in [-0.05, 0) is 12.0 Å². The number of rotatable bonds is 7. The number of amides is 2. The molecule has 1 aromatic rings. The summed E-state index contributed by atoms with van der Waals surface area (Å²) in [5, 5.41) is 0. The summed E-state index contributed by atoms with van der Waals surface area (Å²) in [5.74, 6) is 0.479. The standard InChI is InChI=1S/C21H31N3O4/c1-2-3-13-27-20(25)23-11-9-22(10-12-23)14-19-15-24(16-19)21(26)28-17-18-7-5-4-6-8-18/h4-8,19H,2-3,9-17H2,1H3. The van der Waals surface area contributed by atoms with E-state index in [1.54, 1.807) is 9.80 Å². The van der Waals surface area contributed by atoms with E-state index in [-0.39, 0.29) is 12.2 Å². The first-order chi connectivity index (χ1) is 13.7. The average Bonchev–Trinajstić information content (AvgIpc) is 2.70. The zero-order valence-corrected chi connectivity index (χ0v) is 16.7. The molecule has 0 spiro atoms. The van der Waals surface area contributed by atoms with Crippen LogP contribution in [0, 0.1) is 5.92 Å². The van der Waals surface area contributed by atoms with Crippen molar-refractivity contribution in [2.75, 3.05) is 52.4 Å². The Morgan fingerprint density at radius 1 is 0.964 bits per heavy atom. The second kappa shape index (κ2) is 10.3. The molecule has 2 heterocycles. The van der Waals surface area contributed by atoms with Gasteiger partial charge in [-0.15, -0.1) is 0 Å². The number of piperazine rings is 1. The fourth-order valence-corrected chi connectivity index (χ4v) is 3.52. The Morgan fingerprint density at radius 3 is 2.32 bits per heavy atom. The lowest BCUT2D eigenvalue weighted by molar-refractivity contribution is 0.0263. The van der Waals surface area contributed by atoms with Gasteiger partial charge in [0.2, 0.25) is 0 Å². The number of hydrogen-bond acceptors (Lipinski definition) is 5. The second-order valence-electron chi connectivity index (χ2n) is 7.57. The maximum absolute atomic E-state index is 12.1. The number of carbonyl (C=O) groups excluding carboxylic acids is 2. The van der Waals surface area contributed by atoms with Gasteiger partial charge in [0.05, 0.1) is 6.61 Å². The van der Waals surface area contributed by atoms with E-state index in [4.69, 9.17) is 9.47 Å². The Balaban J connectivity index is 1.28. The minimum Gasteiger partial charge on any atom is -0.449 e. The molecule has 28 heavy (non-hydrogen) atoms. The molecule has 0 aliphatic carbocycles. The predicted octanol–water partition coefficient (Wildman–Crippen LogP) is 2.81. The molecule has 7 nitrogen and oxygen atoms in total. The highest BCUT2D eigenvalue weighted by atomic mass is 16.6. The number of unbranched alkanes of at least 4 members (excludes halogenated alkanes) is 1. The summed E-state index contributed by atoms with van der Waals surface area (Å²) >= 11 is 0. The highest BCUT2D eigenvalue weighted by molar-refractivity contribution is 5.68. The highest BCUT2D eigenvalue weighted by Gasteiger charge is 2.34. The van der Waals surface area contributed by atoms with E-state index >= 15 is 0 Å². The fourth-order valence-electron chi connectivity index (χ4n) is 3.52. The molecule has 2 aliphatic rings. The molecule has 154 valence electrons. The summed E-state index contributed by atoms with van der Waals surface area (Å²) in [6, 6.07) is 9.72. The van der Waals surface area contributed by atoms with E-state index in [0.717, 1.165) is 51.1 Å². The minimum absolute atomic E-state index is 0.191. The third kappa shape index (κ3) is 5.86. The van der Waals surface area contributed by atoms with Gasteiger partial charge in [0.25, 0.3) is 0 Å². The molecule has 7 heteroatoms. The molecule has 1 aromatic carbocycles. The molecule has 2 amide bonds. The van der Waals surface area contributed by atoms with Gasteiger partial charge < -0.3 is 19.3 Å². The minimum atomic E-state index is -0.236. The Morgan fingerprint density at radius 2 is 1.64 bits per heavy atom. The Labute approximate surface area is 167 Å². The van der Waals surface area contributed by atoms with Crippen LogP contribution in [0.4, 0.5) is 9.59 Å². The Kier molecular flexibility index (Phi) is 7.54. The van der Waals surface area contributed by atoms with Gasteiger partial charge in [0.15, 0.2) is 0 Å². The summed E-state index contributed by atoms with van der Waals surface area (Å²) in [6.07, 6.45) is 1.51. The number of hydrogen-bond donors (Lipinski definition) is 0. The number of carbonyl (C=O) groups is 2. The lowest BCUT2D eigenvalue weighted by Crippen LogP contribution is -2.56. The number of nitrogens with zero attached hydrogens (tertiary/aromatic N) is 3. The van der Waals surface area contributed by atoms with Crippen molar-refractivity contribution in [3.05, 3.63) is 35.9 Å². The SMILES string of the molecule is CCCCOC(=O)N1CCN(CC2CN(C(=O)OCc3ccccc3)C2)CC1. The van der Waals surface area contributed by atoms with Crippen molar-refractivity contribution in [1.29, 1.82) is 0 Å². The molecule has 3 rings (SSSR count). The van der Waals surface area contributed by atoms with Gasteiger partial charge in [-0.2, -0.15) is 0 Å². The highest BCUT2D eigenvalue weighted by Crippen LogP contribution is 2.19. The largest absolute Gasteiger partial charge is 0.449 e. The van der Waals surface area contributed by atoms with Crippen molar-refractivity contribution >= 4 is 12.2 Å². The van der Waals surface area contributed by atoms with Crippen molar-refractivity contribution in [1.82, 2.24) is 14.7 Å². The van der Waals surface area contributed by atoms with Crippen LogP contribution in [0.1, 0.15) is 25.3 Å². The van der Waals surface area contributed by atoms with Gasteiger partial charge in [-0.25, -0.2) is 9.59 Å². The molecule has 0 atom stereocenters. The maximum atomic E-state index is 12.1. The van der Waals surface area contributed by atoms with E-state index in [2.05, 4.69) is 11.8 Å². The van der Waals surface area contributed by atoms with Crippen LogP contribution in [-0.2, 0) is 16.1 Å². The van der Waals surface area contributed by atoms with Crippen LogP contribution in [-0.4, -0.2) is 79.3 Å². The molecule has 0 saturated carbocycles. The quantitative estimate of drug-likeness (QED) is 0.671. The van der Waals surface area contributed by atoms with Crippen LogP contribution in [0.25, 0.3) is 0 Å². The maximum Gasteiger partial charge on any atom is 0.410 e. The van der Waals surface area contributed by atoms with Crippen LogP contribution in [0.2, 0.25) is 0 Å². The van der Waals surface area contributed by atoms with Gasteiger partial charge in [-0.3, -0.25) is 4.90 Å². The average molecular weight is 389 g/mol. The zero-order valence-electron chi connectivity index (χ0n) is 16.7. The lowest BCUT2D eigenvalue weighted by atomic mass is 10.00. The topological polar surface area (TPSA) is 62.3 Å². The molecular formula is C21H31N3O4. The molecule has 0 radical (unpaired) electrons. The first-order valence-electron chi connectivity index (χ1n) is 10.3. The summed E-state index contributed by atoms with van der Waals surface area (Å²) in [5.41, 5.74) is 0.999. The molecule has 0 aromatic heterocycles. The van der Waals surface area contributed by atoms with E-state index in [1.807, 2.05) is 30.3 Å². The van der Waals surface area contributed by atoms with Crippen LogP contribution in [0.3, 0.4) is 0 Å². The summed E-state index contributed by atoms with van der Waals surface area (Å²) in [6.45, 7) is 8.49. The van der Waals surface area contributed by atoms with Crippen molar-refractivity contribution in [2.45, 2.75) is 26.4 Å². The van der Waals surface area contributed by atoms with Crippen molar-refractivity contribution in [3.8, 4) is 0 Å². The van der Waals surface area contributed by atoms with Crippen molar-refractivity contribution < 1.29 is 19.1 Å². The molecule has 0 N–H and O–H groups in total. The van der Waals surface area contributed by atoms with E-state index in [1.165, 1.54) is 0 Å². The van der Waals surface area contributed by atoms with E-state index in [9.17, 15) is 9.59 Å². The fraction of sp³-hybridized carbons (Fsp3) is 0.619. The first kappa shape index (κ1) is 20.5. The molecule has 2 fully saturated rings. The van der Waals surface area contributed by atoms with Gasteiger partial charge in [-0.1, -0.05) is 43.7 Å². The summed E-state index contributed by atoms with van der Waals surface area (Å²) in [7, 11) is 0. The Bertz CT molecular complexity index is 626. The van der Waals surface area contributed by atoms with Gasteiger partial charge >= 0.3 is 12.2 Å². The molecule has 2 aliphatic heterocycles. The Hall–Kier alpha value is -2.28. The predicted molar refractivity (Wildman–Crippen MR) is 106 cm³/mol. The van der Waals surface area contributed by atoms with E-state index in [0.29, 0.717) is 32.2 Å². The molecular weight excluding hydrogens is 358 g/mol.